The number of aromatic nitrogens is 3. The van der Waals surface area contributed by atoms with Crippen LogP contribution in [0, 0.1) is 0 Å². The third-order valence-electron chi connectivity index (χ3n) is 2.92. The lowest BCUT2D eigenvalue weighted by atomic mass is 10.2. The van der Waals surface area contributed by atoms with E-state index in [4.69, 9.17) is 4.74 Å². The van der Waals surface area contributed by atoms with Crippen molar-refractivity contribution >= 4 is 0 Å². The Morgan fingerprint density at radius 1 is 1.32 bits per heavy atom. The monoisotopic (exact) mass is 260 g/mol. The van der Waals surface area contributed by atoms with E-state index in [0.717, 1.165) is 24.5 Å². The number of nitrogens with one attached hydrogen (secondary N) is 1. The Morgan fingerprint density at radius 2 is 2.11 bits per heavy atom. The molecule has 2 aromatic rings. The molecule has 0 fully saturated rings. The molecule has 5 nitrogen and oxygen atoms in total. The highest BCUT2D eigenvalue weighted by atomic mass is 16.5. The maximum absolute atomic E-state index is 5.79. The zero-order valence-corrected chi connectivity index (χ0v) is 11.4. The lowest BCUT2D eigenvalue weighted by Crippen LogP contribution is -2.37. The molecule has 0 bridgehead atoms. The second kappa shape index (κ2) is 6.89. The average Bonchev–Trinajstić information content (AvgIpc) is 2.83. The van der Waals surface area contributed by atoms with Gasteiger partial charge in [-0.2, -0.15) is 5.10 Å². The number of hydrogen-bond acceptors (Lipinski definition) is 4. The van der Waals surface area contributed by atoms with Crippen molar-refractivity contribution in [1.82, 2.24) is 20.1 Å². The van der Waals surface area contributed by atoms with E-state index in [1.807, 2.05) is 37.4 Å². The first-order valence-corrected chi connectivity index (χ1v) is 6.53. The summed E-state index contributed by atoms with van der Waals surface area (Å²) in [6, 6.07) is 10.1. The van der Waals surface area contributed by atoms with Crippen molar-refractivity contribution in [2.24, 2.45) is 7.05 Å². The van der Waals surface area contributed by atoms with Gasteiger partial charge in [-0.05, 0) is 18.7 Å². The van der Waals surface area contributed by atoms with Gasteiger partial charge in [0.15, 0.2) is 0 Å². The molecular formula is C14H20N4O. The van der Waals surface area contributed by atoms with Crippen LogP contribution in [0.3, 0.4) is 0 Å². The molecule has 0 aliphatic rings. The predicted molar refractivity (Wildman–Crippen MR) is 74.1 cm³/mol. The number of nitrogens with zero attached hydrogens (tertiary/aromatic N) is 3. The standard InChI is InChI=1S/C14H20N4O/c1-3-15-12(9-14-16-11-17-18(14)2)10-19-13-7-5-4-6-8-13/h4-8,11-12,15H,3,9-10H2,1-2H3. The Kier molecular flexibility index (Phi) is 4.92. The van der Waals surface area contributed by atoms with Crippen LogP contribution in [-0.2, 0) is 13.5 Å². The third-order valence-corrected chi connectivity index (χ3v) is 2.92. The lowest BCUT2D eigenvalue weighted by Gasteiger charge is -2.18. The number of benzene rings is 1. The van der Waals surface area contributed by atoms with Crippen LogP contribution in [0.4, 0.5) is 0 Å². The minimum absolute atomic E-state index is 0.230. The number of aryl methyl sites for hydroxylation is 1. The number of hydrogen-bond donors (Lipinski definition) is 1. The fraction of sp³-hybridized carbons (Fsp3) is 0.429. The zero-order chi connectivity index (χ0) is 13.5. The first-order valence-electron chi connectivity index (χ1n) is 6.53. The van der Waals surface area contributed by atoms with Gasteiger partial charge in [0.2, 0.25) is 0 Å². The van der Waals surface area contributed by atoms with Crippen molar-refractivity contribution in [3.63, 3.8) is 0 Å². The van der Waals surface area contributed by atoms with Crippen LogP contribution in [0.5, 0.6) is 5.75 Å². The van der Waals surface area contributed by atoms with E-state index in [-0.39, 0.29) is 6.04 Å². The third kappa shape index (κ3) is 4.06. The molecule has 0 saturated heterocycles. The normalized spacial score (nSPS) is 12.3. The van der Waals surface area contributed by atoms with Gasteiger partial charge in [0.1, 0.15) is 24.5 Å². The maximum Gasteiger partial charge on any atom is 0.138 e. The SMILES string of the molecule is CCNC(COc1ccccc1)Cc1ncnn1C. The van der Waals surface area contributed by atoms with E-state index in [2.05, 4.69) is 22.3 Å². The van der Waals surface area contributed by atoms with Crippen molar-refractivity contribution < 1.29 is 4.74 Å². The average molecular weight is 260 g/mol. The molecule has 1 heterocycles. The molecule has 0 saturated carbocycles. The summed E-state index contributed by atoms with van der Waals surface area (Å²) in [7, 11) is 1.91. The van der Waals surface area contributed by atoms with Crippen LogP contribution in [-0.4, -0.2) is 34.0 Å². The molecule has 1 atom stereocenters. The summed E-state index contributed by atoms with van der Waals surface area (Å²) >= 11 is 0. The second-order valence-corrected chi connectivity index (χ2v) is 4.38. The van der Waals surface area contributed by atoms with E-state index in [9.17, 15) is 0 Å². The molecule has 5 heteroatoms. The zero-order valence-electron chi connectivity index (χ0n) is 11.4. The minimum Gasteiger partial charge on any atom is -0.492 e. The van der Waals surface area contributed by atoms with Crippen LogP contribution in [0.1, 0.15) is 12.7 Å². The number of rotatable bonds is 7. The quantitative estimate of drug-likeness (QED) is 0.818. The molecule has 0 aliphatic carbocycles. The van der Waals surface area contributed by atoms with Crippen molar-refractivity contribution in [3.8, 4) is 5.75 Å². The van der Waals surface area contributed by atoms with Crippen LogP contribution < -0.4 is 10.1 Å². The lowest BCUT2D eigenvalue weighted by molar-refractivity contribution is 0.262. The molecule has 1 N–H and O–H groups in total. The predicted octanol–water partition coefficient (Wildman–Crippen LogP) is 1.41. The Balaban J connectivity index is 1.91. The second-order valence-electron chi connectivity index (χ2n) is 4.38. The molecule has 0 aliphatic heterocycles. The highest BCUT2D eigenvalue weighted by molar-refractivity contribution is 5.20. The Labute approximate surface area is 113 Å². The van der Waals surface area contributed by atoms with E-state index in [1.165, 1.54) is 0 Å². The molecule has 2 rings (SSSR count). The van der Waals surface area contributed by atoms with Crippen LogP contribution in [0.15, 0.2) is 36.7 Å². The Hall–Kier alpha value is -1.88. The summed E-state index contributed by atoms with van der Waals surface area (Å²) in [5, 5.41) is 7.50. The summed E-state index contributed by atoms with van der Waals surface area (Å²) < 4.78 is 7.59. The molecule has 19 heavy (non-hydrogen) atoms. The summed E-state index contributed by atoms with van der Waals surface area (Å²) in [6.45, 7) is 3.61. The van der Waals surface area contributed by atoms with Gasteiger partial charge in [0, 0.05) is 19.5 Å². The van der Waals surface area contributed by atoms with Crippen molar-refractivity contribution in [2.45, 2.75) is 19.4 Å². The fourth-order valence-electron chi connectivity index (χ4n) is 1.92. The summed E-state index contributed by atoms with van der Waals surface area (Å²) in [5.74, 6) is 1.85. The van der Waals surface area contributed by atoms with Crippen LogP contribution in [0.25, 0.3) is 0 Å². The van der Waals surface area contributed by atoms with E-state index >= 15 is 0 Å². The van der Waals surface area contributed by atoms with Crippen LogP contribution in [0.2, 0.25) is 0 Å². The van der Waals surface area contributed by atoms with Crippen LogP contribution >= 0.6 is 0 Å². The molecular weight excluding hydrogens is 240 g/mol. The number of ether oxygens (including phenoxy) is 1. The molecule has 0 radical (unpaired) electrons. The van der Waals surface area contributed by atoms with E-state index < -0.39 is 0 Å². The Bertz CT molecular complexity index is 483. The van der Waals surface area contributed by atoms with Crippen molar-refractivity contribution in [1.29, 1.82) is 0 Å². The van der Waals surface area contributed by atoms with Gasteiger partial charge in [-0.25, -0.2) is 4.98 Å². The smallest absolute Gasteiger partial charge is 0.138 e. The summed E-state index contributed by atoms with van der Waals surface area (Å²) in [5.41, 5.74) is 0. The molecule has 0 spiro atoms. The first-order chi connectivity index (χ1) is 9.29. The molecule has 1 aromatic carbocycles. The highest BCUT2D eigenvalue weighted by Gasteiger charge is 2.12. The number of para-hydroxylation sites is 1. The summed E-state index contributed by atoms with van der Waals surface area (Å²) in [6.07, 6.45) is 2.38. The summed E-state index contributed by atoms with van der Waals surface area (Å²) in [4.78, 5) is 4.25. The minimum atomic E-state index is 0.230. The van der Waals surface area contributed by atoms with Gasteiger partial charge >= 0.3 is 0 Å². The highest BCUT2D eigenvalue weighted by Crippen LogP contribution is 2.09. The van der Waals surface area contributed by atoms with Crippen molar-refractivity contribution in [3.05, 3.63) is 42.5 Å². The van der Waals surface area contributed by atoms with Gasteiger partial charge in [0.05, 0.1) is 0 Å². The maximum atomic E-state index is 5.79. The first kappa shape index (κ1) is 13.5. The Morgan fingerprint density at radius 3 is 2.74 bits per heavy atom. The molecule has 1 unspecified atom stereocenters. The van der Waals surface area contributed by atoms with Gasteiger partial charge < -0.3 is 10.1 Å². The largest absolute Gasteiger partial charge is 0.492 e. The topological polar surface area (TPSA) is 52.0 Å². The fourth-order valence-corrected chi connectivity index (χ4v) is 1.92. The van der Waals surface area contributed by atoms with Gasteiger partial charge in [-0.15, -0.1) is 0 Å². The van der Waals surface area contributed by atoms with Crippen molar-refractivity contribution in [2.75, 3.05) is 13.2 Å². The van der Waals surface area contributed by atoms with Gasteiger partial charge in [-0.3, -0.25) is 4.68 Å². The van der Waals surface area contributed by atoms with E-state index in [1.54, 1.807) is 11.0 Å². The van der Waals surface area contributed by atoms with Gasteiger partial charge in [0.25, 0.3) is 0 Å². The molecule has 1 aromatic heterocycles. The molecule has 102 valence electrons. The number of likely N-dealkylation sites (N-methyl/N-ethyl adjacent to an activating group) is 1. The van der Waals surface area contributed by atoms with E-state index in [0.29, 0.717) is 6.61 Å². The van der Waals surface area contributed by atoms with Gasteiger partial charge in [-0.1, -0.05) is 25.1 Å². The molecule has 0 amide bonds.